The Balaban J connectivity index is -0.000000720. The van der Waals surface area contributed by atoms with E-state index in [1.807, 2.05) is 0 Å². The van der Waals surface area contributed by atoms with Crippen molar-refractivity contribution in [3.05, 3.63) is 0 Å². The quantitative estimate of drug-likeness (QED) is 0.260. The Morgan fingerprint density at radius 2 is 0.933 bits per heavy atom. The summed E-state index contributed by atoms with van der Waals surface area (Å²) in [6, 6.07) is 0. The van der Waals surface area contributed by atoms with Crippen molar-refractivity contribution < 1.29 is 63.7 Å². The van der Waals surface area contributed by atoms with Gasteiger partial charge < -0.3 is 9.11 Å². The second kappa shape index (κ2) is 9.09. The van der Waals surface area contributed by atoms with E-state index in [0.717, 1.165) is 0 Å². The summed E-state index contributed by atoms with van der Waals surface area (Å²) in [5, 5.41) is 0. The molecule has 0 saturated heterocycles. The van der Waals surface area contributed by atoms with Gasteiger partial charge in [0, 0.05) is 11.5 Å². The number of unbranched alkanes of at least 4 members (excludes halogenated alkanes) is 2. The average Bonchev–Trinajstić information content (AvgIpc) is 1.81. The van der Waals surface area contributed by atoms with Crippen molar-refractivity contribution in [3.63, 3.8) is 0 Å². The topological polar surface area (TPSA) is 114 Å². The fourth-order valence-corrected chi connectivity index (χ4v) is 1.85. The zero-order valence-corrected chi connectivity index (χ0v) is 10.4. The summed E-state index contributed by atoms with van der Waals surface area (Å²) in [5.41, 5.74) is 0. The van der Waals surface area contributed by atoms with E-state index in [1.165, 1.54) is 0 Å². The van der Waals surface area contributed by atoms with E-state index in [0.29, 0.717) is 0 Å². The SMILES string of the molecule is O=S(=O)([O-])CCCCCS(=O)(=O)[O-].[Li+].[Li+]. The molecule has 0 fully saturated rings. The molecule has 0 amide bonds. The van der Waals surface area contributed by atoms with Gasteiger partial charge >= 0.3 is 37.7 Å². The largest absolute Gasteiger partial charge is 1.00 e. The van der Waals surface area contributed by atoms with E-state index in [4.69, 9.17) is 0 Å². The maximum atomic E-state index is 10.1. The molecule has 0 radical (unpaired) electrons. The van der Waals surface area contributed by atoms with E-state index >= 15 is 0 Å². The van der Waals surface area contributed by atoms with E-state index < -0.39 is 31.7 Å². The first kappa shape index (κ1) is 21.3. The van der Waals surface area contributed by atoms with E-state index in [2.05, 4.69) is 0 Å². The van der Waals surface area contributed by atoms with E-state index in [1.54, 1.807) is 0 Å². The van der Waals surface area contributed by atoms with Crippen LogP contribution >= 0.6 is 0 Å². The van der Waals surface area contributed by atoms with Crippen molar-refractivity contribution in [3.8, 4) is 0 Å². The molecule has 0 aliphatic carbocycles. The summed E-state index contributed by atoms with van der Waals surface area (Å²) in [6.45, 7) is 0. The minimum Gasteiger partial charge on any atom is -0.748 e. The Morgan fingerprint density at radius 3 is 1.13 bits per heavy atom. The molecule has 0 aliphatic heterocycles. The third-order valence-electron chi connectivity index (χ3n) is 1.29. The summed E-state index contributed by atoms with van der Waals surface area (Å²) in [4.78, 5) is 0. The fraction of sp³-hybridized carbons (Fsp3) is 1.00. The van der Waals surface area contributed by atoms with Crippen molar-refractivity contribution in [1.29, 1.82) is 0 Å². The third-order valence-corrected chi connectivity index (χ3v) is 2.87. The van der Waals surface area contributed by atoms with Gasteiger partial charge in [0.1, 0.15) is 0 Å². The molecule has 0 aromatic carbocycles. The summed E-state index contributed by atoms with van der Waals surface area (Å²) in [7, 11) is -8.44. The van der Waals surface area contributed by atoms with Crippen LogP contribution in [0.2, 0.25) is 0 Å². The molecule has 15 heavy (non-hydrogen) atoms. The number of hydrogen-bond acceptors (Lipinski definition) is 6. The molecule has 80 valence electrons. The van der Waals surface area contributed by atoms with Crippen molar-refractivity contribution in [2.75, 3.05) is 11.5 Å². The fourth-order valence-electron chi connectivity index (χ4n) is 0.734. The Morgan fingerprint density at radius 1 is 0.667 bits per heavy atom. The number of rotatable bonds is 6. The zero-order valence-electron chi connectivity index (χ0n) is 8.80. The van der Waals surface area contributed by atoms with Crippen LogP contribution in [0.25, 0.3) is 0 Å². The summed E-state index contributed by atoms with van der Waals surface area (Å²) in [5.74, 6) is -1.02. The molecule has 0 aromatic rings. The maximum absolute atomic E-state index is 10.1. The van der Waals surface area contributed by atoms with Crippen LogP contribution in [0.5, 0.6) is 0 Å². The summed E-state index contributed by atoms with van der Waals surface area (Å²) >= 11 is 0. The van der Waals surface area contributed by atoms with Crippen LogP contribution in [0.15, 0.2) is 0 Å². The van der Waals surface area contributed by atoms with Gasteiger partial charge in [0.25, 0.3) is 0 Å². The minimum absolute atomic E-state index is 0. The maximum Gasteiger partial charge on any atom is 1.00 e. The van der Waals surface area contributed by atoms with Crippen LogP contribution in [0.4, 0.5) is 0 Å². The third kappa shape index (κ3) is 21.0. The molecule has 0 spiro atoms. The van der Waals surface area contributed by atoms with Crippen molar-refractivity contribution in [2.45, 2.75) is 19.3 Å². The first-order valence-electron chi connectivity index (χ1n) is 3.58. The van der Waals surface area contributed by atoms with Gasteiger partial charge in [0.05, 0.1) is 20.2 Å². The van der Waals surface area contributed by atoms with Crippen molar-refractivity contribution in [1.82, 2.24) is 0 Å². The van der Waals surface area contributed by atoms with Crippen LogP contribution in [-0.4, -0.2) is 37.4 Å². The van der Waals surface area contributed by atoms with Crippen LogP contribution in [0.3, 0.4) is 0 Å². The van der Waals surface area contributed by atoms with Gasteiger partial charge in [0.15, 0.2) is 0 Å². The monoisotopic (exact) mass is 244 g/mol. The molecule has 0 aromatic heterocycles. The second-order valence-electron chi connectivity index (χ2n) is 2.58. The molecular weight excluding hydrogens is 234 g/mol. The Labute approximate surface area is 114 Å². The van der Waals surface area contributed by atoms with Crippen LogP contribution in [-0.2, 0) is 20.2 Å². The van der Waals surface area contributed by atoms with Crippen molar-refractivity contribution >= 4 is 20.2 Å². The Bertz CT molecular complexity index is 301. The predicted molar refractivity (Wildman–Crippen MR) is 43.0 cm³/mol. The van der Waals surface area contributed by atoms with Gasteiger partial charge in [-0.2, -0.15) is 0 Å². The Hall–Kier alpha value is 1.01. The van der Waals surface area contributed by atoms with E-state index in [9.17, 15) is 25.9 Å². The molecule has 0 rings (SSSR count). The van der Waals surface area contributed by atoms with Gasteiger partial charge in [-0.3, -0.25) is 0 Å². The average molecular weight is 244 g/mol. The summed E-state index contributed by atoms with van der Waals surface area (Å²) < 4.78 is 60.3. The predicted octanol–water partition coefficient (Wildman–Crippen LogP) is -6.74. The van der Waals surface area contributed by atoms with Gasteiger partial charge in [0.2, 0.25) is 0 Å². The first-order valence-corrected chi connectivity index (χ1v) is 6.73. The standard InChI is InChI=1S/C5H12O6S2.2Li/c6-12(7,8)4-2-1-3-5-13(9,10)11;;/h1-5H2,(H,6,7,8)(H,9,10,11);;/q;2*+1/p-2. The molecule has 10 heteroatoms. The normalized spacial score (nSPS) is 11.3. The van der Waals surface area contributed by atoms with Gasteiger partial charge in [-0.15, -0.1) is 0 Å². The smallest absolute Gasteiger partial charge is 0.748 e. The van der Waals surface area contributed by atoms with Crippen LogP contribution < -0.4 is 37.7 Å². The van der Waals surface area contributed by atoms with E-state index in [-0.39, 0.29) is 57.0 Å². The van der Waals surface area contributed by atoms with Crippen LogP contribution in [0, 0.1) is 0 Å². The molecule has 0 saturated carbocycles. The van der Waals surface area contributed by atoms with Crippen molar-refractivity contribution in [2.24, 2.45) is 0 Å². The molecule has 0 heterocycles. The minimum atomic E-state index is -4.22. The number of hydrogen-bond donors (Lipinski definition) is 0. The summed E-state index contributed by atoms with van der Waals surface area (Å²) in [6.07, 6.45) is 0.450. The van der Waals surface area contributed by atoms with Gasteiger partial charge in [-0.1, -0.05) is 6.42 Å². The Kier molecular flexibility index (Phi) is 12.9. The van der Waals surface area contributed by atoms with Crippen LogP contribution in [0.1, 0.15) is 19.3 Å². The molecule has 0 aliphatic rings. The molecule has 0 atom stereocenters. The van der Waals surface area contributed by atoms with Gasteiger partial charge in [-0.05, 0) is 12.8 Å². The molecule has 0 N–H and O–H groups in total. The zero-order chi connectivity index (χ0) is 10.5. The molecule has 0 bridgehead atoms. The first-order chi connectivity index (χ1) is 5.71. The van der Waals surface area contributed by atoms with Gasteiger partial charge in [-0.25, -0.2) is 16.8 Å². The second-order valence-corrected chi connectivity index (χ2v) is 5.63. The molecule has 0 unspecified atom stereocenters. The molecular formula is C5H10Li2O6S2. The molecule has 6 nitrogen and oxygen atoms in total.